The molecule has 76 valence electrons. The quantitative estimate of drug-likeness (QED) is 0.601. The van der Waals surface area contributed by atoms with Crippen LogP contribution in [0.25, 0.3) is 0 Å². The standard InChI is InChI=1S/C12H23N/c1-3-11-8-7-10(2)13-9-5-4-6-12(11)13/h10-12H,3-9H2,1-2H3/t10-,11-,12+/m0/s1. The third-order valence-electron chi connectivity index (χ3n) is 4.18. The highest BCUT2D eigenvalue weighted by Crippen LogP contribution is 2.35. The van der Waals surface area contributed by atoms with Crippen LogP contribution in [0.4, 0.5) is 0 Å². The SMILES string of the molecule is CC[C@H]1CC[C@H](C)N2CCCC[C@H]12. The molecule has 0 N–H and O–H groups in total. The predicted octanol–water partition coefficient (Wildman–Crippen LogP) is 3.05. The summed E-state index contributed by atoms with van der Waals surface area (Å²) in [5, 5.41) is 0. The molecule has 0 aromatic heterocycles. The maximum absolute atomic E-state index is 2.79. The fraction of sp³-hybridized carbons (Fsp3) is 1.00. The molecule has 0 saturated carbocycles. The molecule has 0 amide bonds. The molecule has 0 bridgehead atoms. The summed E-state index contributed by atoms with van der Waals surface area (Å²) in [5.74, 6) is 1.01. The van der Waals surface area contributed by atoms with E-state index in [1.54, 1.807) is 0 Å². The van der Waals surface area contributed by atoms with Crippen LogP contribution in [0.15, 0.2) is 0 Å². The average Bonchev–Trinajstić information content (AvgIpc) is 2.19. The van der Waals surface area contributed by atoms with Crippen LogP contribution in [0, 0.1) is 5.92 Å². The maximum Gasteiger partial charge on any atom is 0.0126 e. The van der Waals surface area contributed by atoms with Gasteiger partial charge in [0, 0.05) is 12.1 Å². The predicted molar refractivity (Wildman–Crippen MR) is 56.8 cm³/mol. The van der Waals surface area contributed by atoms with E-state index < -0.39 is 0 Å². The van der Waals surface area contributed by atoms with Gasteiger partial charge in [-0.3, -0.25) is 4.90 Å². The lowest BCUT2D eigenvalue weighted by Gasteiger charge is -2.48. The van der Waals surface area contributed by atoms with Gasteiger partial charge in [0.15, 0.2) is 0 Å². The third-order valence-corrected chi connectivity index (χ3v) is 4.18. The fourth-order valence-corrected chi connectivity index (χ4v) is 3.32. The van der Waals surface area contributed by atoms with E-state index in [0.717, 1.165) is 18.0 Å². The number of nitrogens with zero attached hydrogens (tertiary/aromatic N) is 1. The van der Waals surface area contributed by atoms with Crippen molar-refractivity contribution in [3.63, 3.8) is 0 Å². The first-order valence-electron chi connectivity index (χ1n) is 6.08. The van der Waals surface area contributed by atoms with Crippen molar-refractivity contribution < 1.29 is 0 Å². The van der Waals surface area contributed by atoms with E-state index in [-0.39, 0.29) is 0 Å². The van der Waals surface area contributed by atoms with E-state index in [1.165, 1.54) is 45.1 Å². The van der Waals surface area contributed by atoms with Gasteiger partial charge in [-0.25, -0.2) is 0 Å². The largest absolute Gasteiger partial charge is 0.297 e. The van der Waals surface area contributed by atoms with Crippen LogP contribution in [-0.2, 0) is 0 Å². The number of fused-ring (bicyclic) bond motifs is 1. The summed E-state index contributed by atoms with van der Waals surface area (Å²) in [6, 6.07) is 1.82. The molecule has 0 aromatic carbocycles. The van der Waals surface area contributed by atoms with Crippen molar-refractivity contribution in [1.82, 2.24) is 4.90 Å². The molecular weight excluding hydrogens is 158 g/mol. The Balaban J connectivity index is 2.05. The minimum Gasteiger partial charge on any atom is -0.297 e. The van der Waals surface area contributed by atoms with E-state index in [2.05, 4.69) is 18.7 Å². The van der Waals surface area contributed by atoms with Crippen molar-refractivity contribution in [2.24, 2.45) is 5.92 Å². The lowest BCUT2D eigenvalue weighted by atomic mass is 9.80. The van der Waals surface area contributed by atoms with E-state index in [4.69, 9.17) is 0 Å². The van der Waals surface area contributed by atoms with Crippen molar-refractivity contribution in [3.8, 4) is 0 Å². The van der Waals surface area contributed by atoms with E-state index in [1.807, 2.05) is 0 Å². The molecule has 2 rings (SSSR count). The summed E-state index contributed by atoms with van der Waals surface area (Å²) in [6.45, 7) is 6.17. The van der Waals surface area contributed by atoms with Crippen LogP contribution < -0.4 is 0 Å². The Morgan fingerprint density at radius 2 is 2.00 bits per heavy atom. The van der Waals surface area contributed by atoms with E-state index >= 15 is 0 Å². The molecular formula is C12H23N. The average molecular weight is 181 g/mol. The van der Waals surface area contributed by atoms with Gasteiger partial charge in [0.25, 0.3) is 0 Å². The molecule has 2 aliphatic rings. The summed E-state index contributed by atoms with van der Waals surface area (Å²) in [4.78, 5) is 2.79. The number of rotatable bonds is 1. The first-order chi connectivity index (χ1) is 6.33. The Kier molecular flexibility index (Phi) is 2.92. The molecule has 3 atom stereocenters. The minimum atomic E-state index is 0.869. The highest BCUT2D eigenvalue weighted by atomic mass is 15.2. The molecule has 1 nitrogen and oxygen atoms in total. The van der Waals surface area contributed by atoms with Crippen LogP contribution in [0.1, 0.15) is 52.4 Å². The van der Waals surface area contributed by atoms with Crippen molar-refractivity contribution in [1.29, 1.82) is 0 Å². The smallest absolute Gasteiger partial charge is 0.0126 e. The van der Waals surface area contributed by atoms with Crippen molar-refractivity contribution in [2.45, 2.75) is 64.5 Å². The first kappa shape index (κ1) is 9.51. The van der Waals surface area contributed by atoms with Crippen LogP contribution in [0.2, 0.25) is 0 Å². The highest BCUT2D eigenvalue weighted by Gasteiger charge is 2.35. The summed E-state index contributed by atoms with van der Waals surface area (Å²) < 4.78 is 0. The summed E-state index contributed by atoms with van der Waals surface area (Å²) in [5.41, 5.74) is 0. The zero-order valence-corrected chi connectivity index (χ0v) is 9.13. The summed E-state index contributed by atoms with van der Waals surface area (Å²) in [6.07, 6.45) is 8.71. The Morgan fingerprint density at radius 3 is 2.77 bits per heavy atom. The normalized spacial score (nSPS) is 41.5. The monoisotopic (exact) mass is 181 g/mol. The molecule has 0 aliphatic carbocycles. The van der Waals surface area contributed by atoms with Crippen molar-refractivity contribution >= 4 is 0 Å². The molecule has 2 heterocycles. The lowest BCUT2D eigenvalue weighted by molar-refractivity contribution is 0.0180. The van der Waals surface area contributed by atoms with Crippen LogP contribution in [-0.4, -0.2) is 23.5 Å². The molecule has 0 radical (unpaired) electrons. The second kappa shape index (κ2) is 4.00. The van der Waals surface area contributed by atoms with Gasteiger partial charge in [-0.1, -0.05) is 19.8 Å². The number of hydrogen-bond donors (Lipinski definition) is 0. The molecule has 0 aromatic rings. The zero-order chi connectivity index (χ0) is 9.26. The fourth-order valence-electron chi connectivity index (χ4n) is 3.32. The van der Waals surface area contributed by atoms with Gasteiger partial charge >= 0.3 is 0 Å². The van der Waals surface area contributed by atoms with Gasteiger partial charge in [0.05, 0.1) is 0 Å². The topological polar surface area (TPSA) is 3.24 Å². The second-order valence-corrected chi connectivity index (χ2v) is 4.90. The molecule has 0 unspecified atom stereocenters. The van der Waals surface area contributed by atoms with E-state index in [0.29, 0.717) is 0 Å². The Morgan fingerprint density at radius 1 is 1.15 bits per heavy atom. The molecule has 2 fully saturated rings. The van der Waals surface area contributed by atoms with Gasteiger partial charge in [-0.05, 0) is 45.1 Å². The van der Waals surface area contributed by atoms with Crippen LogP contribution in [0.5, 0.6) is 0 Å². The highest BCUT2D eigenvalue weighted by molar-refractivity contribution is 4.90. The zero-order valence-electron chi connectivity index (χ0n) is 9.13. The Bertz CT molecular complexity index is 167. The van der Waals surface area contributed by atoms with Crippen LogP contribution in [0.3, 0.4) is 0 Å². The second-order valence-electron chi connectivity index (χ2n) is 4.90. The Labute approximate surface area is 82.5 Å². The van der Waals surface area contributed by atoms with Crippen LogP contribution >= 0.6 is 0 Å². The molecule has 13 heavy (non-hydrogen) atoms. The minimum absolute atomic E-state index is 0.869. The number of piperidine rings is 2. The molecule has 1 heteroatoms. The molecule has 0 spiro atoms. The third kappa shape index (κ3) is 1.76. The first-order valence-corrected chi connectivity index (χ1v) is 6.08. The van der Waals surface area contributed by atoms with E-state index in [9.17, 15) is 0 Å². The summed E-state index contributed by atoms with van der Waals surface area (Å²) in [7, 11) is 0. The van der Waals surface area contributed by atoms with Gasteiger partial charge < -0.3 is 0 Å². The van der Waals surface area contributed by atoms with Gasteiger partial charge in [0.2, 0.25) is 0 Å². The summed E-state index contributed by atoms with van der Waals surface area (Å²) >= 11 is 0. The van der Waals surface area contributed by atoms with Gasteiger partial charge in [0.1, 0.15) is 0 Å². The lowest BCUT2D eigenvalue weighted by Crippen LogP contribution is -2.52. The van der Waals surface area contributed by atoms with Gasteiger partial charge in [-0.15, -0.1) is 0 Å². The molecule has 2 saturated heterocycles. The maximum atomic E-state index is 2.79. The van der Waals surface area contributed by atoms with Gasteiger partial charge in [-0.2, -0.15) is 0 Å². The van der Waals surface area contributed by atoms with Crippen molar-refractivity contribution in [2.75, 3.05) is 6.54 Å². The Hall–Kier alpha value is -0.0400. The number of hydrogen-bond acceptors (Lipinski definition) is 1. The van der Waals surface area contributed by atoms with Crippen molar-refractivity contribution in [3.05, 3.63) is 0 Å². The molecule has 2 aliphatic heterocycles.